The summed E-state index contributed by atoms with van der Waals surface area (Å²) in [6, 6.07) is 6.89. The van der Waals surface area contributed by atoms with Crippen LogP contribution in [0.25, 0.3) is 0 Å². The molecular weight excluding hydrogens is 180 g/mol. The van der Waals surface area contributed by atoms with Crippen LogP contribution in [0.3, 0.4) is 0 Å². The molecule has 0 aromatic heterocycles. The third-order valence-electron chi connectivity index (χ3n) is 2.10. The van der Waals surface area contributed by atoms with Gasteiger partial charge in [-0.15, -0.1) is 0 Å². The zero-order valence-electron chi connectivity index (χ0n) is 7.55. The molecule has 0 aliphatic carbocycles. The number of para-hydroxylation sites is 1. The molecule has 0 radical (unpaired) electrons. The van der Waals surface area contributed by atoms with E-state index in [0.29, 0.717) is 11.3 Å². The molecule has 4 heteroatoms. The molecule has 2 rings (SSSR count). The predicted molar refractivity (Wildman–Crippen MR) is 53.9 cm³/mol. The molecule has 0 fully saturated rings. The van der Waals surface area contributed by atoms with Crippen LogP contribution in [0.15, 0.2) is 29.4 Å². The first-order valence-corrected chi connectivity index (χ1v) is 4.41. The third-order valence-corrected chi connectivity index (χ3v) is 2.10. The van der Waals surface area contributed by atoms with Crippen molar-refractivity contribution in [3.05, 3.63) is 29.8 Å². The fourth-order valence-corrected chi connectivity index (χ4v) is 1.46. The average molecular weight is 190 g/mol. The lowest BCUT2D eigenvalue weighted by Crippen LogP contribution is -2.15. The standard InChI is InChI=1S/C10H10N2O2/c13-10(14)8-4-1-2-5-9(8)12-7-3-6-11-12/h1-2,4-6H,3,7H2,(H,13,14). The molecule has 0 unspecified atom stereocenters. The average Bonchev–Trinajstić information content (AvgIpc) is 2.70. The molecule has 1 aliphatic heterocycles. The Labute approximate surface area is 81.5 Å². The van der Waals surface area contributed by atoms with Crippen LogP contribution in [-0.4, -0.2) is 23.8 Å². The first kappa shape index (κ1) is 8.74. The van der Waals surface area contributed by atoms with Crippen molar-refractivity contribution in [1.82, 2.24) is 0 Å². The van der Waals surface area contributed by atoms with Gasteiger partial charge in [-0.05, 0) is 12.1 Å². The molecule has 1 aromatic rings. The summed E-state index contributed by atoms with van der Waals surface area (Å²) in [5.74, 6) is -0.914. The van der Waals surface area contributed by atoms with Crippen molar-refractivity contribution in [3.63, 3.8) is 0 Å². The lowest BCUT2D eigenvalue weighted by atomic mass is 10.2. The Morgan fingerprint density at radius 1 is 1.43 bits per heavy atom. The minimum atomic E-state index is -0.914. The Balaban J connectivity index is 2.40. The molecule has 0 saturated heterocycles. The number of benzene rings is 1. The highest BCUT2D eigenvalue weighted by Crippen LogP contribution is 2.22. The number of carboxylic acids is 1. The number of rotatable bonds is 2. The molecular formula is C10H10N2O2. The molecule has 72 valence electrons. The van der Waals surface area contributed by atoms with Gasteiger partial charge in [-0.25, -0.2) is 4.79 Å². The predicted octanol–water partition coefficient (Wildman–Crippen LogP) is 1.58. The molecule has 0 atom stereocenters. The number of hydrogen-bond donors (Lipinski definition) is 1. The van der Waals surface area contributed by atoms with E-state index in [1.165, 1.54) is 0 Å². The lowest BCUT2D eigenvalue weighted by Gasteiger charge is -2.15. The highest BCUT2D eigenvalue weighted by molar-refractivity contribution is 5.94. The van der Waals surface area contributed by atoms with Gasteiger partial charge in [0.05, 0.1) is 11.3 Å². The van der Waals surface area contributed by atoms with Crippen LogP contribution in [0.4, 0.5) is 5.69 Å². The van der Waals surface area contributed by atoms with Gasteiger partial charge in [0.2, 0.25) is 0 Å². The zero-order valence-corrected chi connectivity index (χ0v) is 7.55. The maximum atomic E-state index is 10.9. The zero-order chi connectivity index (χ0) is 9.97. The van der Waals surface area contributed by atoms with Gasteiger partial charge in [0.25, 0.3) is 0 Å². The van der Waals surface area contributed by atoms with Crippen LogP contribution in [-0.2, 0) is 0 Å². The van der Waals surface area contributed by atoms with Gasteiger partial charge in [-0.1, -0.05) is 12.1 Å². The molecule has 4 nitrogen and oxygen atoms in total. The summed E-state index contributed by atoms with van der Waals surface area (Å²) in [5.41, 5.74) is 0.959. The van der Waals surface area contributed by atoms with Gasteiger partial charge in [0.15, 0.2) is 0 Å². The van der Waals surface area contributed by atoms with Gasteiger partial charge in [0, 0.05) is 19.2 Å². The highest BCUT2D eigenvalue weighted by Gasteiger charge is 2.16. The second kappa shape index (κ2) is 3.49. The fourth-order valence-electron chi connectivity index (χ4n) is 1.46. The van der Waals surface area contributed by atoms with E-state index >= 15 is 0 Å². The lowest BCUT2D eigenvalue weighted by molar-refractivity contribution is 0.0697. The van der Waals surface area contributed by atoms with E-state index in [4.69, 9.17) is 5.11 Å². The highest BCUT2D eigenvalue weighted by atomic mass is 16.4. The minimum Gasteiger partial charge on any atom is -0.478 e. The number of aromatic carboxylic acids is 1. The number of hydrogen-bond acceptors (Lipinski definition) is 3. The summed E-state index contributed by atoms with van der Waals surface area (Å²) in [5, 5.41) is 14.8. The second-order valence-corrected chi connectivity index (χ2v) is 3.03. The smallest absolute Gasteiger partial charge is 0.337 e. The van der Waals surface area contributed by atoms with Crippen LogP contribution in [0, 0.1) is 0 Å². The molecule has 0 amide bonds. The molecule has 0 saturated carbocycles. The van der Waals surface area contributed by atoms with Crippen molar-refractivity contribution in [2.24, 2.45) is 5.10 Å². The van der Waals surface area contributed by atoms with Crippen molar-refractivity contribution in [3.8, 4) is 0 Å². The van der Waals surface area contributed by atoms with Crippen molar-refractivity contribution >= 4 is 17.9 Å². The van der Waals surface area contributed by atoms with Gasteiger partial charge < -0.3 is 5.11 Å². The maximum absolute atomic E-state index is 10.9. The summed E-state index contributed by atoms with van der Waals surface area (Å²) in [6.45, 7) is 0.754. The summed E-state index contributed by atoms with van der Waals surface area (Å²) in [4.78, 5) is 10.9. The van der Waals surface area contributed by atoms with E-state index in [1.807, 2.05) is 6.07 Å². The Bertz CT molecular complexity index is 387. The maximum Gasteiger partial charge on any atom is 0.337 e. The summed E-state index contributed by atoms with van der Waals surface area (Å²) in [6.07, 6.45) is 2.66. The molecule has 1 aliphatic rings. The van der Waals surface area contributed by atoms with Crippen molar-refractivity contribution in [2.75, 3.05) is 11.6 Å². The topological polar surface area (TPSA) is 52.9 Å². The molecule has 1 heterocycles. The monoisotopic (exact) mass is 190 g/mol. The van der Waals surface area contributed by atoms with Crippen LogP contribution in [0.2, 0.25) is 0 Å². The number of anilines is 1. The fraction of sp³-hybridized carbons (Fsp3) is 0.200. The van der Waals surface area contributed by atoms with E-state index in [1.54, 1.807) is 29.4 Å². The molecule has 1 N–H and O–H groups in total. The van der Waals surface area contributed by atoms with E-state index < -0.39 is 5.97 Å². The van der Waals surface area contributed by atoms with Crippen LogP contribution in [0.5, 0.6) is 0 Å². The molecule has 14 heavy (non-hydrogen) atoms. The first-order valence-electron chi connectivity index (χ1n) is 4.41. The third kappa shape index (κ3) is 1.46. The minimum absolute atomic E-state index is 0.298. The SMILES string of the molecule is O=C(O)c1ccccc1N1CCC=N1. The Kier molecular flexibility index (Phi) is 2.18. The number of hydrazone groups is 1. The quantitative estimate of drug-likeness (QED) is 0.770. The second-order valence-electron chi connectivity index (χ2n) is 3.03. The van der Waals surface area contributed by atoms with E-state index in [0.717, 1.165) is 13.0 Å². The van der Waals surface area contributed by atoms with Crippen molar-refractivity contribution < 1.29 is 9.90 Å². The number of carbonyl (C=O) groups is 1. The van der Waals surface area contributed by atoms with Crippen molar-refractivity contribution in [2.45, 2.75) is 6.42 Å². The number of nitrogens with zero attached hydrogens (tertiary/aromatic N) is 2. The van der Waals surface area contributed by atoms with Gasteiger partial charge in [-0.2, -0.15) is 5.10 Å². The van der Waals surface area contributed by atoms with Gasteiger partial charge in [-0.3, -0.25) is 5.01 Å². The first-order chi connectivity index (χ1) is 6.79. The summed E-state index contributed by atoms with van der Waals surface area (Å²) < 4.78 is 0. The van der Waals surface area contributed by atoms with Crippen LogP contribution >= 0.6 is 0 Å². The van der Waals surface area contributed by atoms with Crippen LogP contribution in [0.1, 0.15) is 16.8 Å². The largest absolute Gasteiger partial charge is 0.478 e. The summed E-state index contributed by atoms with van der Waals surface area (Å²) >= 11 is 0. The van der Waals surface area contributed by atoms with E-state index in [9.17, 15) is 4.79 Å². The Morgan fingerprint density at radius 3 is 2.86 bits per heavy atom. The van der Waals surface area contributed by atoms with E-state index in [-0.39, 0.29) is 0 Å². The summed E-state index contributed by atoms with van der Waals surface area (Å²) in [7, 11) is 0. The van der Waals surface area contributed by atoms with Crippen LogP contribution < -0.4 is 5.01 Å². The Hall–Kier alpha value is -1.84. The number of carboxylic acid groups (broad SMARTS) is 1. The Morgan fingerprint density at radius 2 is 2.21 bits per heavy atom. The van der Waals surface area contributed by atoms with E-state index in [2.05, 4.69) is 5.10 Å². The van der Waals surface area contributed by atoms with Gasteiger partial charge >= 0.3 is 5.97 Å². The molecule has 0 bridgehead atoms. The van der Waals surface area contributed by atoms with Gasteiger partial charge in [0.1, 0.15) is 0 Å². The molecule has 0 spiro atoms. The van der Waals surface area contributed by atoms with Crippen molar-refractivity contribution in [1.29, 1.82) is 0 Å². The molecule has 1 aromatic carbocycles. The normalized spacial score (nSPS) is 14.7.